The Kier molecular flexibility index (Phi) is 4.50. The maximum atomic E-state index is 5.10. The van der Waals surface area contributed by atoms with E-state index in [0.717, 1.165) is 11.5 Å². The SMILES string of the molecule is C#CCSCC#CC1=CCCC1. The van der Waals surface area contributed by atoms with Gasteiger partial charge < -0.3 is 0 Å². The summed E-state index contributed by atoms with van der Waals surface area (Å²) in [6, 6.07) is 0. The number of terminal acetylenes is 1. The Morgan fingerprint density at radius 2 is 2.42 bits per heavy atom. The van der Waals surface area contributed by atoms with Crippen LogP contribution in [0.2, 0.25) is 0 Å². The van der Waals surface area contributed by atoms with Crippen molar-refractivity contribution in [3.63, 3.8) is 0 Å². The van der Waals surface area contributed by atoms with Crippen LogP contribution in [-0.2, 0) is 0 Å². The Balaban J connectivity index is 2.16. The van der Waals surface area contributed by atoms with Gasteiger partial charge in [0.1, 0.15) is 0 Å². The summed E-state index contributed by atoms with van der Waals surface area (Å²) in [7, 11) is 0. The molecule has 62 valence electrons. The zero-order valence-electron chi connectivity index (χ0n) is 7.10. The summed E-state index contributed by atoms with van der Waals surface area (Å²) in [5, 5.41) is 0. The molecule has 0 aliphatic heterocycles. The van der Waals surface area contributed by atoms with Gasteiger partial charge in [0, 0.05) is 0 Å². The van der Waals surface area contributed by atoms with Crippen LogP contribution >= 0.6 is 11.8 Å². The molecule has 0 saturated heterocycles. The van der Waals surface area contributed by atoms with Crippen molar-refractivity contribution >= 4 is 11.8 Å². The maximum Gasteiger partial charge on any atom is 0.0560 e. The molecule has 1 heteroatoms. The van der Waals surface area contributed by atoms with E-state index < -0.39 is 0 Å². The molecule has 0 bridgehead atoms. The summed E-state index contributed by atoms with van der Waals surface area (Å²) in [4.78, 5) is 0. The lowest BCUT2D eigenvalue weighted by Crippen LogP contribution is -1.76. The summed E-state index contributed by atoms with van der Waals surface area (Å²) in [6.07, 6.45) is 11.0. The van der Waals surface area contributed by atoms with Crippen molar-refractivity contribution in [3.05, 3.63) is 11.6 Å². The third-order valence-electron chi connectivity index (χ3n) is 1.65. The van der Waals surface area contributed by atoms with Crippen LogP contribution in [0.15, 0.2) is 11.6 Å². The first-order valence-corrected chi connectivity index (χ1v) is 5.28. The minimum absolute atomic E-state index is 0.772. The second kappa shape index (κ2) is 5.81. The predicted octanol–water partition coefficient (Wildman–Crippen LogP) is 2.47. The monoisotopic (exact) mass is 176 g/mol. The number of hydrogen-bond donors (Lipinski definition) is 0. The quantitative estimate of drug-likeness (QED) is 0.460. The molecule has 0 aromatic carbocycles. The van der Waals surface area contributed by atoms with E-state index in [4.69, 9.17) is 6.42 Å². The minimum atomic E-state index is 0.772. The first kappa shape index (κ1) is 9.30. The van der Waals surface area contributed by atoms with Crippen LogP contribution < -0.4 is 0 Å². The zero-order chi connectivity index (χ0) is 8.65. The number of thioether (sulfide) groups is 1. The number of rotatable bonds is 2. The van der Waals surface area contributed by atoms with Gasteiger partial charge in [-0.05, 0) is 24.8 Å². The zero-order valence-corrected chi connectivity index (χ0v) is 7.91. The highest BCUT2D eigenvalue weighted by molar-refractivity contribution is 7.99. The molecule has 1 aliphatic rings. The molecular weight excluding hydrogens is 164 g/mol. The van der Waals surface area contributed by atoms with Crippen LogP contribution in [0.1, 0.15) is 19.3 Å². The first-order chi connectivity index (χ1) is 5.93. The van der Waals surface area contributed by atoms with Crippen molar-refractivity contribution in [3.8, 4) is 24.2 Å². The van der Waals surface area contributed by atoms with Gasteiger partial charge in [0.2, 0.25) is 0 Å². The molecule has 0 fully saturated rings. The van der Waals surface area contributed by atoms with Gasteiger partial charge in [-0.1, -0.05) is 23.8 Å². The average molecular weight is 176 g/mol. The maximum absolute atomic E-state index is 5.10. The molecule has 1 aliphatic carbocycles. The molecule has 0 unspecified atom stereocenters. The molecule has 0 radical (unpaired) electrons. The molecule has 0 aromatic rings. The lowest BCUT2D eigenvalue weighted by molar-refractivity contribution is 0.919. The van der Waals surface area contributed by atoms with Gasteiger partial charge in [0.15, 0.2) is 0 Å². The van der Waals surface area contributed by atoms with Crippen molar-refractivity contribution in [2.75, 3.05) is 11.5 Å². The van der Waals surface area contributed by atoms with E-state index in [2.05, 4.69) is 23.8 Å². The predicted molar refractivity (Wildman–Crippen MR) is 55.9 cm³/mol. The highest BCUT2D eigenvalue weighted by Gasteiger charge is 1.99. The molecule has 0 aromatic heterocycles. The molecule has 0 heterocycles. The summed E-state index contributed by atoms with van der Waals surface area (Å²) in [5.74, 6) is 10.5. The van der Waals surface area contributed by atoms with E-state index in [1.165, 1.54) is 24.8 Å². The van der Waals surface area contributed by atoms with E-state index in [9.17, 15) is 0 Å². The Labute approximate surface area is 78.8 Å². The van der Waals surface area contributed by atoms with E-state index in [1.54, 1.807) is 11.8 Å². The number of allylic oxidation sites excluding steroid dienone is 2. The second-order valence-electron chi connectivity index (χ2n) is 2.62. The summed E-state index contributed by atoms with van der Waals surface area (Å²) < 4.78 is 0. The fraction of sp³-hybridized carbons (Fsp3) is 0.455. The average Bonchev–Trinajstić information content (AvgIpc) is 2.57. The fourth-order valence-electron chi connectivity index (χ4n) is 1.10. The van der Waals surface area contributed by atoms with Gasteiger partial charge in [-0.25, -0.2) is 0 Å². The second-order valence-corrected chi connectivity index (χ2v) is 3.61. The van der Waals surface area contributed by atoms with Crippen molar-refractivity contribution in [1.82, 2.24) is 0 Å². The van der Waals surface area contributed by atoms with E-state index in [0.29, 0.717) is 0 Å². The summed E-state index contributed by atoms with van der Waals surface area (Å²) in [5.41, 5.74) is 1.32. The van der Waals surface area contributed by atoms with Crippen LogP contribution in [0.4, 0.5) is 0 Å². The molecule has 0 spiro atoms. The lowest BCUT2D eigenvalue weighted by Gasteiger charge is -1.86. The van der Waals surface area contributed by atoms with Crippen LogP contribution in [0.5, 0.6) is 0 Å². The van der Waals surface area contributed by atoms with E-state index >= 15 is 0 Å². The van der Waals surface area contributed by atoms with Crippen LogP contribution in [0.25, 0.3) is 0 Å². The van der Waals surface area contributed by atoms with Gasteiger partial charge >= 0.3 is 0 Å². The Morgan fingerprint density at radius 1 is 1.50 bits per heavy atom. The lowest BCUT2D eigenvalue weighted by atomic mass is 10.2. The molecule has 1 rings (SSSR count). The third kappa shape index (κ3) is 3.56. The molecule has 0 amide bonds. The van der Waals surface area contributed by atoms with Crippen molar-refractivity contribution in [1.29, 1.82) is 0 Å². The summed E-state index contributed by atoms with van der Waals surface area (Å²) >= 11 is 1.70. The standard InChI is InChI=1S/C11H12S/c1-2-9-12-10-5-8-11-6-3-4-7-11/h1,6H,3-4,7,9-10H2. The molecule has 0 nitrogen and oxygen atoms in total. The largest absolute Gasteiger partial charge is 0.136 e. The number of hydrogen-bond acceptors (Lipinski definition) is 1. The van der Waals surface area contributed by atoms with Gasteiger partial charge in [-0.3, -0.25) is 0 Å². The highest BCUT2D eigenvalue weighted by atomic mass is 32.2. The summed E-state index contributed by atoms with van der Waals surface area (Å²) in [6.45, 7) is 0. The topological polar surface area (TPSA) is 0 Å². The minimum Gasteiger partial charge on any atom is -0.136 e. The van der Waals surface area contributed by atoms with Crippen LogP contribution in [0.3, 0.4) is 0 Å². The Hall–Kier alpha value is -0.790. The fourth-order valence-corrected chi connectivity index (χ4v) is 1.49. The van der Waals surface area contributed by atoms with Crippen LogP contribution in [-0.4, -0.2) is 11.5 Å². The van der Waals surface area contributed by atoms with Gasteiger partial charge in [-0.2, -0.15) is 0 Å². The van der Waals surface area contributed by atoms with E-state index in [1.807, 2.05) is 0 Å². The van der Waals surface area contributed by atoms with Gasteiger partial charge in [0.05, 0.1) is 11.5 Å². The highest BCUT2D eigenvalue weighted by Crippen LogP contribution is 2.15. The Bertz CT molecular complexity index is 257. The Morgan fingerprint density at radius 3 is 3.08 bits per heavy atom. The van der Waals surface area contributed by atoms with Gasteiger partial charge in [0.25, 0.3) is 0 Å². The van der Waals surface area contributed by atoms with Crippen molar-refractivity contribution in [2.24, 2.45) is 0 Å². The van der Waals surface area contributed by atoms with Crippen LogP contribution in [0, 0.1) is 24.2 Å². The third-order valence-corrected chi connectivity index (χ3v) is 2.37. The molecule has 0 N–H and O–H groups in total. The first-order valence-electron chi connectivity index (χ1n) is 4.12. The molecule has 0 saturated carbocycles. The van der Waals surface area contributed by atoms with E-state index in [-0.39, 0.29) is 0 Å². The van der Waals surface area contributed by atoms with Gasteiger partial charge in [-0.15, -0.1) is 18.2 Å². The smallest absolute Gasteiger partial charge is 0.0560 e. The normalized spacial score (nSPS) is 14.4. The molecular formula is C11H12S. The van der Waals surface area contributed by atoms with Crippen molar-refractivity contribution in [2.45, 2.75) is 19.3 Å². The van der Waals surface area contributed by atoms with Crippen molar-refractivity contribution < 1.29 is 0 Å². The molecule has 12 heavy (non-hydrogen) atoms. The molecule has 0 atom stereocenters.